The van der Waals surface area contributed by atoms with Gasteiger partial charge in [-0.3, -0.25) is 0 Å². The summed E-state index contributed by atoms with van der Waals surface area (Å²) in [6, 6.07) is 0. The number of allylic oxidation sites excluding steroid dienone is 1. The van der Waals surface area contributed by atoms with Gasteiger partial charge in [0, 0.05) is 1.37 Å². The van der Waals surface area contributed by atoms with Crippen molar-refractivity contribution in [1.29, 1.82) is 0 Å². The lowest BCUT2D eigenvalue weighted by Gasteiger charge is -2.02. The van der Waals surface area contributed by atoms with Crippen LogP contribution in [0.1, 0.15) is 98.2 Å². The van der Waals surface area contributed by atoms with Crippen molar-refractivity contribution in [2.45, 2.75) is 96.8 Å². The first-order valence-corrected chi connectivity index (χ1v) is 7.84. The zero-order valence-corrected chi connectivity index (χ0v) is 12.1. The van der Waals surface area contributed by atoms with Crippen LogP contribution < -0.4 is 0 Å². The Hall–Kier alpha value is -0.260. The Labute approximate surface area is 111 Å². The summed E-state index contributed by atoms with van der Waals surface area (Å²) in [6.45, 7) is 5.98. The zero-order valence-electron chi connectivity index (χ0n) is 13.1. The number of unbranched alkanes of at least 4 members (excludes halogenated alkanes) is 9. The summed E-state index contributed by atoms with van der Waals surface area (Å²) in [6.07, 6.45) is 19.0. The van der Waals surface area contributed by atoms with E-state index in [-0.39, 0.29) is 6.40 Å². The molecule has 0 aliphatic carbocycles. The minimum absolute atomic E-state index is 0.150. The van der Waals surface area contributed by atoms with Crippen LogP contribution in [0.25, 0.3) is 0 Å². The van der Waals surface area contributed by atoms with Gasteiger partial charge in [0.2, 0.25) is 0 Å². The SMILES string of the molecule is [2H][C@@H](CCC=C)CCCCCCCCCCCC. The Morgan fingerprint density at radius 1 is 0.765 bits per heavy atom. The Balaban J connectivity index is 3.04. The molecule has 1 atom stereocenters. The fourth-order valence-corrected chi connectivity index (χ4v) is 2.16. The highest BCUT2D eigenvalue weighted by Crippen LogP contribution is 2.12. The average Bonchev–Trinajstić information content (AvgIpc) is 2.38. The van der Waals surface area contributed by atoms with Crippen molar-refractivity contribution in [3.8, 4) is 0 Å². The molecule has 0 aliphatic heterocycles. The summed E-state index contributed by atoms with van der Waals surface area (Å²) < 4.78 is 7.84. The molecule has 0 unspecified atom stereocenters. The van der Waals surface area contributed by atoms with Crippen molar-refractivity contribution in [2.75, 3.05) is 0 Å². The van der Waals surface area contributed by atoms with Gasteiger partial charge in [0.15, 0.2) is 0 Å². The third-order valence-corrected chi connectivity index (χ3v) is 3.34. The maximum absolute atomic E-state index is 7.84. The molecule has 0 nitrogen and oxygen atoms in total. The topological polar surface area (TPSA) is 0 Å². The highest BCUT2D eigenvalue weighted by Gasteiger charge is 1.93. The molecule has 17 heavy (non-hydrogen) atoms. The van der Waals surface area contributed by atoms with E-state index in [1.54, 1.807) is 0 Å². The van der Waals surface area contributed by atoms with Crippen LogP contribution in [0.2, 0.25) is 0 Å². The molecule has 0 saturated carbocycles. The van der Waals surface area contributed by atoms with Gasteiger partial charge in [-0.2, -0.15) is 0 Å². The smallest absolute Gasteiger partial charge is 0.0267 e. The summed E-state index contributed by atoms with van der Waals surface area (Å²) in [7, 11) is 0. The van der Waals surface area contributed by atoms with Gasteiger partial charge < -0.3 is 0 Å². The Morgan fingerprint density at radius 2 is 1.24 bits per heavy atom. The summed E-state index contributed by atoms with van der Waals surface area (Å²) in [5, 5.41) is 0. The van der Waals surface area contributed by atoms with Crippen molar-refractivity contribution in [3.63, 3.8) is 0 Å². The van der Waals surface area contributed by atoms with Gasteiger partial charge in [-0.05, 0) is 12.8 Å². The van der Waals surface area contributed by atoms with Crippen LogP contribution in [0.5, 0.6) is 0 Å². The molecule has 0 radical (unpaired) electrons. The molecule has 0 fully saturated rings. The van der Waals surface area contributed by atoms with E-state index < -0.39 is 0 Å². The second-order valence-corrected chi connectivity index (χ2v) is 5.13. The van der Waals surface area contributed by atoms with Crippen LogP contribution >= 0.6 is 0 Å². The fraction of sp³-hybridized carbons (Fsp3) is 0.882. The average molecular weight is 239 g/mol. The summed E-state index contributed by atoms with van der Waals surface area (Å²) >= 11 is 0. The van der Waals surface area contributed by atoms with Crippen molar-refractivity contribution >= 4 is 0 Å². The fourth-order valence-electron chi connectivity index (χ4n) is 2.16. The Bertz CT molecular complexity index is 165. The highest BCUT2D eigenvalue weighted by atomic mass is 14.0. The summed E-state index contributed by atoms with van der Waals surface area (Å²) in [5.41, 5.74) is 0. The molecular weight excluding hydrogens is 204 g/mol. The second kappa shape index (κ2) is 15.7. The number of hydrogen-bond donors (Lipinski definition) is 0. The standard InChI is InChI=1S/C17H34/c1-3-5-7-9-11-13-15-17-16-14-12-10-8-6-4-2/h3H,1,4-17H2,2H3/i9D/t9-/m0/s1. The molecule has 0 aromatic rings. The van der Waals surface area contributed by atoms with Crippen LogP contribution in [0, 0.1) is 0 Å². The molecule has 0 aliphatic rings. The summed E-state index contributed by atoms with van der Waals surface area (Å²) in [4.78, 5) is 0. The van der Waals surface area contributed by atoms with Crippen molar-refractivity contribution in [2.24, 2.45) is 0 Å². The van der Waals surface area contributed by atoms with Gasteiger partial charge >= 0.3 is 0 Å². The molecule has 0 spiro atoms. The molecule has 102 valence electrons. The third kappa shape index (κ3) is 15.7. The van der Waals surface area contributed by atoms with Crippen LogP contribution in [-0.2, 0) is 0 Å². The van der Waals surface area contributed by atoms with Crippen LogP contribution in [0.4, 0.5) is 0 Å². The van der Waals surface area contributed by atoms with Crippen LogP contribution in [0.15, 0.2) is 12.7 Å². The van der Waals surface area contributed by atoms with E-state index in [9.17, 15) is 0 Å². The maximum atomic E-state index is 7.84. The maximum Gasteiger partial charge on any atom is 0.0267 e. The first-order chi connectivity index (χ1) is 8.81. The van der Waals surface area contributed by atoms with Gasteiger partial charge in [0.25, 0.3) is 0 Å². The monoisotopic (exact) mass is 239 g/mol. The molecule has 0 rings (SSSR count). The molecule has 0 N–H and O–H groups in total. The molecule has 0 bridgehead atoms. The third-order valence-electron chi connectivity index (χ3n) is 3.34. The highest BCUT2D eigenvalue weighted by molar-refractivity contribution is 4.65. The van der Waals surface area contributed by atoms with Gasteiger partial charge in [0.1, 0.15) is 0 Å². The van der Waals surface area contributed by atoms with E-state index in [4.69, 9.17) is 1.37 Å². The van der Waals surface area contributed by atoms with Crippen molar-refractivity contribution < 1.29 is 1.37 Å². The second-order valence-electron chi connectivity index (χ2n) is 5.13. The largest absolute Gasteiger partial charge is 0.103 e. The lowest BCUT2D eigenvalue weighted by Crippen LogP contribution is -1.82. The molecular formula is C17H34. The lowest BCUT2D eigenvalue weighted by atomic mass is 10.0. The summed E-state index contributed by atoms with van der Waals surface area (Å²) in [5.74, 6) is 0. The first kappa shape index (κ1) is 14.8. The van der Waals surface area contributed by atoms with Crippen molar-refractivity contribution in [3.05, 3.63) is 12.7 Å². The van der Waals surface area contributed by atoms with E-state index in [1.165, 1.54) is 64.2 Å². The van der Waals surface area contributed by atoms with Crippen molar-refractivity contribution in [1.82, 2.24) is 0 Å². The van der Waals surface area contributed by atoms with Gasteiger partial charge in [-0.15, -0.1) is 6.58 Å². The molecule has 0 aromatic carbocycles. The molecule has 0 aromatic heterocycles. The van der Waals surface area contributed by atoms with E-state index in [2.05, 4.69) is 13.5 Å². The number of rotatable bonds is 14. The normalized spacial score (nSPS) is 13.4. The van der Waals surface area contributed by atoms with E-state index in [1.807, 2.05) is 6.08 Å². The quantitative estimate of drug-likeness (QED) is 0.235. The van der Waals surface area contributed by atoms with Crippen LogP contribution in [0.3, 0.4) is 0 Å². The molecule has 0 saturated heterocycles. The number of hydrogen-bond acceptors (Lipinski definition) is 0. The van der Waals surface area contributed by atoms with Crippen LogP contribution in [-0.4, -0.2) is 0 Å². The lowest BCUT2D eigenvalue weighted by molar-refractivity contribution is 0.540. The van der Waals surface area contributed by atoms with Gasteiger partial charge in [-0.25, -0.2) is 0 Å². The zero-order chi connectivity index (χ0) is 13.5. The Morgan fingerprint density at radius 3 is 1.71 bits per heavy atom. The Kier molecular flexibility index (Phi) is 13.7. The van der Waals surface area contributed by atoms with E-state index in [0.29, 0.717) is 0 Å². The van der Waals surface area contributed by atoms with E-state index in [0.717, 1.165) is 19.3 Å². The predicted molar refractivity (Wildman–Crippen MR) is 80.5 cm³/mol. The molecule has 0 heteroatoms. The minimum Gasteiger partial charge on any atom is -0.103 e. The molecule has 0 amide bonds. The van der Waals surface area contributed by atoms with E-state index >= 15 is 0 Å². The van der Waals surface area contributed by atoms with Gasteiger partial charge in [-0.1, -0.05) is 90.0 Å². The predicted octanol–water partition coefficient (Wildman–Crippen LogP) is 6.65. The van der Waals surface area contributed by atoms with Gasteiger partial charge in [0.05, 0.1) is 0 Å². The molecule has 0 heterocycles. The first-order valence-electron chi connectivity index (χ1n) is 8.42. The minimum atomic E-state index is 0.150.